The van der Waals surface area contributed by atoms with Crippen LogP contribution in [0.1, 0.15) is 33.7 Å². The fourth-order valence-electron chi connectivity index (χ4n) is 3.89. The quantitative estimate of drug-likeness (QED) is 0.294. The maximum absolute atomic E-state index is 14.2. The number of carbonyl (C=O) groups is 2. The van der Waals surface area contributed by atoms with Gasteiger partial charge in [0.25, 0.3) is 0 Å². The zero-order valence-electron chi connectivity index (χ0n) is 19.8. The molecule has 2 N–H and O–H groups in total. The first-order valence-electron chi connectivity index (χ1n) is 11.3. The molecule has 186 valence electrons. The Morgan fingerprint density at radius 2 is 1.72 bits per heavy atom. The monoisotopic (exact) mass is 492 g/mol. The Bertz CT molecular complexity index is 1410. The highest BCUT2D eigenvalue weighted by atomic mass is 19.1. The fourth-order valence-corrected chi connectivity index (χ4v) is 3.89. The van der Waals surface area contributed by atoms with Crippen molar-refractivity contribution < 1.29 is 33.3 Å². The van der Waals surface area contributed by atoms with Crippen molar-refractivity contribution in [1.29, 1.82) is 0 Å². The topological polar surface area (TPSA) is 111 Å². The minimum atomic E-state index is -0.395. The van der Waals surface area contributed by atoms with Crippen LogP contribution in [0.15, 0.2) is 54.7 Å². The van der Waals surface area contributed by atoms with Gasteiger partial charge >= 0.3 is 0 Å². The van der Waals surface area contributed by atoms with Gasteiger partial charge in [0.05, 0.1) is 26.3 Å². The number of nitrogens with one attached hydrogen (secondary N) is 1. The molecule has 4 rings (SSSR count). The van der Waals surface area contributed by atoms with Crippen molar-refractivity contribution in [1.82, 2.24) is 9.97 Å². The Morgan fingerprint density at radius 1 is 0.972 bits per heavy atom. The molecular formula is C27H25FN2O6. The molecule has 0 fully saturated rings. The van der Waals surface area contributed by atoms with Crippen molar-refractivity contribution in [3.63, 3.8) is 0 Å². The van der Waals surface area contributed by atoms with E-state index in [1.54, 1.807) is 48.7 Å². The van der Waals surface area contributed by atoms with Crippen LogP contribution in [-0.4, -0.2) is 54.1 Å². The standard InChI is InChI=1S/C27H25FN2O6/c1-34-24-11-7-20(30-27(24)18-15-29-26-17(18)4-3-5-19(26)28)22(33)9-8-21(32)16-6-10-23(36-13-12-31)25(14-16)35-2/h3-7,10-11,14-15,29,31H,8-9,12-13H2,1-2H3. The van der Waals surface area contributed by atoms with E-state index in [4.69, 9.17) is 19.3 Å². The van der Waals surface area contributed by atoms with Crippen LogP contribution in [0.3, 0.4) is 0 Å². The molecule has 4 aromatic rings. The second-order valence-corrected chi connectivity index (χ2v) is 7.90. The number of aliphatic hydroxyl groups is 1. The Morgan fingerprint density at radius 3 is 2.47 bits per heavy atom. The molecule has 0 saturated carbocycles. The molecule has 0 bridgehead atoms. The number of hydrogen-bond acceptors (Lipinski definition) is 7. The van der Waals surface area contributed by atoms with E-state index in [0.717, 1.165) is 0 Å². The van der Waals surface area contributed by atoms with Crippen LogP contribution in [0.4, 0.5) is 4.39 Å². The molecule has 0 radical (unpaired) electrons. The second-order valence-electron chi connectivity index (χ2n) is 7.90. The molecule has 8 nitrogen and oxygen atoms in total. The van der Waals surface area contributed by atoms with Gasteiger partial charge < -0.3 is 24.3 Å². The molecule has 9 heteroatoms. The van der Waals surface area contributed by atoms with E-state index in [1.165, 1.54) is 20.3 Å². The molecule has 2 heterocycles. The van der Waals surface area contributed by atoms with Gasteiger partial charge in [0.2, 0.25) is 0 Å². The van der Waals surface area contributed by atoms with Gasteiger partial charge in [0, 0.05) is 35.6 Å². The third kappa shape index (κ3) is 5.06. The van der Waals surface area contributed by atoms with Gasteiger partial charge in [-0.2, -0.15) is 0 Å². The number of aromatic nitrogens is 2. The number of H-pyrrole nitrogens is 1. The first kappa shape index (κ1) is 24.9. The average molecular weight is 493 g/mol. The number of hydrogen-bond donors (Lipinski definition) is 2. The summed E-state index contributed by atoms with van der Waals surface area (Å²) in [6.07, 6.45) is 1.54. The Labute approximate surface area is 206 Å². The molecule has 0 aliphatic carbocycles. The van der Waals surface area contributed by atoms with Crippen LogP contribution in [0.5, 0.6) is 17.2 Å². The molecule has 2 aromatic carbocycles. The lowest BCUT2D eigenvalue weighted by molar-refractivity contribution is 0.0914. The second kappa shape index (κ2) is 11.0. The van der Waals surface area contributed by atoms with Gasteiger partial charge in [-0.3, -0.25) is 9.59 Å². The summed E-state index contributed by atoms with van der Waals surface area (Å²) in [5.74, 6) is 0.254. The van der Waals surface area contributed by atoms with Gasteiger partial charge in [0.1, 0.15) is 29.6 Å². The summed E-state index contributed by atoms with van der Waals surface area (Å²) in [4.78, 5) is 33.1. The summed E-state index contributed by atoms with van der Waals surface area (Å²) in [5, 5.41) is 9.54. The minimum absolute atomic E-state index is 0.0276. The van der Waals surface area contributed by atoms with E-state index in [0.29, 0.717) is 45.0 Å². The summed E-state index contributed by atoms with van der Waals surface area (Å²) in [5.41, 5.74) is 1.88. The number of nitrogens with zero attached hydrogens (tertiary/aromatic N) is 1. The van der Waals surface area contributed by atoms with Crippen LogP contribution in [0, 0.1) is 5.82 Å². The molecular weight excluding hydrogens is 467 g/mol. The Balaban J connectivity index is 1.52. The highest BCUT2D eigenvalue weighted by molar-refractivity contribution is 6.02. The molecule has 36 heavy (non-hydrogen) atoms. The number of halogens is 1. The highest BCUT2D eigenvalue weighted by Gasteiger charge is 2.19. The van der Waals surface area contributed by atoms with Gasteiger partial charge in [0.15, 0.2) is 23.1 Å². The van der Waals surface area contributed by atoms with Crippen molar-refractivity contribution in [2.75, 3.05) is 27.4 Å². The van der Waals surface area contributed by atoms with Gasteiger partial charge in [-0.25, -0.2) is 9.37 Å². The first-order chi connectivity index (χ1) is 17.5. The van der Waals surface area contributed by atoms with E-state index in [-0.39, 0.29) is 43.3 Å². The van der Waals surface area contributed by atoms with Crippen molar-refractivity contribution in [3.05, 3.63) is 71.8 Å². The molecule has 0 spiro atoms. The molecule has 0 atom stereocenters. The summed E-state index contributed by atoms with van der Waals surface area (Å²) < 4.78 is 30.2. The predicted octanol–water partition coefficient (Wildman–Crippen LogP) is 4.60. The number of ketones is 2. The molecule has 0 unspecified atom stereocenters. The summed E-state index contributed by atoms with van der Waals surface area (Å²) in [6, 6.07) is 12.6. The van der Waals surface area contributed by atoms with Crippen molar-refractivity contribution in [2.45, 2.75) is 12.8 Å². The van der Waals surface area contributed by atoms with E-state index < -0.39 is 5.82 Å². The zero-order valence-corrected chi connectivity index (χ0v) is 19.8. The third-order valence-corrected chi connectivity index (χ3v) is 5.70. The predicted molar refractivity (Wildman–Crippen MR) is 132 cm³/mol. The SMILES string of the molecule is COc1cc(C(=O)CCC(=O)c2ccc(OC)c(-c3c[nH]c4c(F)cccc34)n2)ccc1OCCO. The highest BCUT2D eigenvalue weighted by Crippen LogP contribution is 2.35. The summed E-state index contributed by atoms with van der Waals surface area (Å²) in [7, 11) is 2.94. The number of pyridine rings is 1. The smallest absolute Gasteiger partial charge is 0.181 e. The summed E-state index contributed by atoms with van der Waals surface area (Å²) in [6.45, 7) is -0.0489. The maximum Gasteiger partial charge on any atom is 0.181 e. The normalized spacial score (nSPS) is 10.9. The Hall–Kier alpha value is -4.24. The van der Waals surface area contributed by atoms with Crippen LogP contribution in [0.2, 0.25) is 0 Å². The molecule has 0 aliphatic rings. The number of para-hydroxylation sites is 1. The lowest BCUT2D eigenvalue weighted by Crippen LogP contribution is -2.08. The largest absolute Gasteiger partial charge is 0.494 e. The number of aromatic amines is 1. The molecule has 0 amide bonds. The van der Waals surface area contributed by atoms with Crippen LogP contribution in [0.25, 0.3) is 22.2 Å². The zero-order chi connectivity index (χ0) is 25.7. The molecule has 0 saturated heterocycles. The van der Waals surface area contributed by atoms with Crippen molar-refractivity contribution in [3.8, 4) is 28.5 Å². The number of carbonyl (C=O) groups excluding carboxylic acids is 2. The van der Waals surface area contributed by atoms with Crippen LogP contribution in [-0.2, 0) is 0 Å². The number of aliphatic hydroxyl groups excluding tert-OH is 1. The number of benzene rings is 2. The number of fused-ring (bicyclic) bond motifs is 1. The van der Waals surface area contributed by atoms with Gasteiger partial charge in [-0.15, -0.1) is 0 Å². The van der Waals surface area contributed by atoms with E-state index in [2.05, 4.69) is 9.97 Å². The third-order valence-electron chi connectivity index (χ3n) is 5.70. The van der Waals surface area contributed by atoms with Crippen LogP contribution < -0.4 is 14.2 Å². The first-order valence-corrected chi connectivity index (χ1v) is 11.3. The number of Topliss-reactive ketones (excluding diaryl/α,β-unsaturated/α-hetero) is 2. The number of ether oxygens (including phenoxy) is 3. The summed E-state index contributed by atoms with van der Waals surface area (Å²) >= 11 is 0. The van der Waals surface area contributed by atoms with Crippen molar-refractivity contribution in [2.24, 2.45) is 0 Å². The van der Waals surface area contributed by atoms with E-state index in [1.807, 2.05) is 0 Å². The maximum atomic E-state index is 14.2. The van der Waals surface area contributed by atoms with E-state index >= 15 is 0 Å². The molecule has 2 aromatic heterocycles. The van der Waals surface area contributed by atoms with E-state index in [9.17, 15) is 14.0 Å². The lowest BCUT2D eigenvalue weighted by atomic mass is 10.0. The van der Waals surface area contributed by atoms with Crippen molar-refractivity contribution >= 4 is 22.5 Å². The minimum Gasteiger partial charge on any atom is -0.494 e. The number of methoxy groups -OCH3 is 2. The fraction of sp³-hybridized carbons (Fsp3) is 0.222. The Kier molecular flexibility index (Phi) is 7.60. The van der Waals surface area contributed by atoms with Gasteiger partial charge in [-0.05, 0) is 36.4 Å². The average Bonchev–Trinajstić information content (AvgIpc) is 3.35. The van der Waals surface area contributed by atoms with Crippen LogP contribution >= 0.6 is 0 Å². The molecule has 0 aliphatic heterocycles. The lowest BCUT2D eigenvalue weighted by Gasteiger charge is -2.11. The number of rotatable bonds is 11. The van der Waals surface area contributed by atoms with Gasteiger partial charge in [-0.1, -0.05) is 12.1 Å².